The van der Waals surface area contributed by atoms with Crippen LogP contribution in [0.1, 0.15) is 19.2 Å². The van der Waals surface area contributed by atoms with Crippen LogP contribution in [0.25, 0.3) is 0 Å². The fourth-order valence-corrected chi connectivity index (χ4v) is 2.90. The van der Waals surface area contributed by atoms with Gasteiger partial charge in [0.25, 0.3) is 0 Å². The number of benzene rings is 1. The molecule has 8 heteroatoms. The second-order valence-electron chi connectivity index (χ2n) is 6.07. The SMILES string of the molecule is CN=C(NCC(C)Oc1ccc(Cl)cc1)NC1CCc2ncnn2C1. The van der Waals surface area contributed by atoms with Gasteiger partial charge in [0, 0.05) is 24.5 Å². The Hall–Kier alpha value is -2.28. The zero-order chi connectivity index (χ0) is 17.6. The number of nitrogens with zero attached hydrogens (tertiary/aromatic N) is 4. The number of nitrogens with one attached hydrogen (secondary N) is 2. The number of ether oxygens (including phenoxy) is 1. The second kappa shape index (κ2) is 8.20. The van der Waals surface area contributed by atoms with Crippen LogP contribution in [-0.2, 0) is 13.0 Å². The van der Waals surface area contributed by atoms with Crippen LogP contribution in [0.3, 0.4) is 0 Å². The van der Waals surface area contributed by atoms with Crippen LogP contribution >= 0.6 is 11.6 Å². The smallest absolute Gasteiger partial charge is 0.191 e. The number of halogens is 1. The normalized spacial score (nSPS) is 18.4. The lowest BCUT2D eigenvalue weighted by Crippen LogP contribution is -2.48. The van der Waals surface area contributed by atoms with E-state index < -0.39 is 0 Å². The van der Waals surface area contributed by atoms with Gasteiger partial charge in [0.15, 0.2) is 5.96 Å². The van der Waals surface area contributed by atoms with E-state index in [1.165, 1.54) is 0 Å². The Morgan fingerprint density at radius 2 is 2.24 bits per heavy atom. The van der Waals surface area contributed by atoms with E-state index in [2.05, 4.69) is 25.7 Å². The number of aliphatic imine (C=N–C) groups is 1. The molecule has 1 aliphatic rings. The molecule has 0 amide bonds. The number of guanidine groups is 1. The number of aryl methyl sites for hydroxylation is 1. The zero-order valence-corrected chi connectivity index (χ0v) is 15.2. The molecule has 134 valence electrons. The van der Waals surface area contributed by atoms with Gasteiger partial charge in [0.05, 0.1) is 13.1 Å². The molecule has 2 unspecified atom stereocenters. The maximum absolute atomic E-state index is 5.88. The molecular weight excluding hydrogens is 340 g/mol. The highest BCUT2D eigenvalue weighted by Gasteiger charge is 2.20. The Bertz CT molecular complexity index is 714. The molecule has 0 bridgehead atoms. The number of aromatic nitrogens is 3. The Balaban J connectivity index is 1.45. The highest BCUT2D eigenvalue weighted by molar-refractivity contribution is 6.30. The second-order valence-corrected chi connectivity index (χ2v) is 6.51. The summed E-state index contributed by atoms with van der Waals surface area (Å²) in [5, 5.41) is 11.7. The Kier molecular flexibility index (Phi) is 5.75. The standard InChI is InChI=1S/C17H23ClN6O/c1-12(25-15-6-3-13(18)4-7-15)9-20-17(19-2)23-14-5-8-16-21-11-22-24(16)10-14/h3-4,6-7,11-12,14H,5,8-10H2,1-2H3,(H2,19,20,23). The van der Waals surface area contributed by atoms with Gasteiger partial charge < -0.3 is 15.4 Å². The van der Waals surface area contributed by atoms with Crippen molar-refractivity contribution in [2.75, 3.05) is 13.6 Å². The molecule has 3 rings (SSSR count). The molecule has 0 saturated heterocycles. The molecule has 1 aromatic heterocycles. The third-order valence-corrected chi connectivity index (χ3v) is 4.33. The predicted molar refractivity (Wildman–Crippen MR) is 98.2 cm³/mol. The third-order valence-electron chi connectivity index (χ3n) is 4.08. The lowest BCUT2D eigenvalue weighted by molar-refractivity contribution is 0.223. The molecule has 2 aromatic rings. The monoisotopic (exact) mass is 362 g/mol. The van der Waals surface area contributed by atoms with E-state index in [0.29, 0.717) is 11.6 Å². The number of hydrogen-bond acceptors (Lipinski definition) is 4. The minimum absolute atomic E-state index is 0.00648. The van der Waals surface area contributed by atoms with Crippen molar-refractivity contribution in [2.24, 2.45) is 4.99 Å². The summed E-state index contributed by atoms with van der Waals surface area (Å²) in [6.45, 7) is 3.45. The van der Waals surface area contributed by atoms with Gasteiger partial charge in [-0.15, -0.1) is 0 Å². The lowest BCUT2D eigenvalue weighted by Gasteiger charge is -2.26. The molecule has 0 radical (unpaired) electrons. The molecule has 7 nitrogen and oxygen atoms in total. The van der Waals surface area contributed by atoms with E-state index in [9.17, 15) is 0 Å². The maximum Gasteiger partial charge on any atom is 0.191 e. The molecule has 0 fully saturated rings. The fourth-order valence-electron chi connectivity index (χ4n) is 2.77. The van der Waals surface area contributed by atoms with Gasteiger partial charge in [0.2, 0.25) is 0 Å². The number of rotatable bonds is 5. The summed E-state index contributed by atoms with van der Waals surface area (Å²) in [4.78, 5) is 8.54. The van der Waals surface area contributed by atoms with E-state index in [0.717, 1.165) is 36.9 Å². The van der Waals surface area contributed by atoms with E-state index in [-0.39, 0.29) is 12.1 Å². The summed E-state index contributed by atoms with van der Waals surface area (Å²) < 4.78 is 7.81. The average Bonchev–Trinajstić information content (AvgIpc) is 3.08. The van der Waals surface area contributed by atoms with Gasteiger partial charge in [-0.2, -0.15) is 5.10 Å². The van der Waals surface area contributed by atoms with E-state index in [1.54, 1.807) is 13.4 Å². The first-order chi connectivity index (χ1) is 12.1. The molecule has 0 aliphatic carbocycles. The fraction of sp³-hybridized carbons (Fsp3) is 0.471. The van der Waals surface area contributed by atoms with Crippen molar-refractivity contribution in [3.05, 3.63) is 41.4 Å². The van der Waals surface area contributed by atoms with Crippen molar-refractivity contribution in [1.29, 1.82) is 0 Å². The summed E-state index contributed by atoms with van der Waals surface area (Å²) in [7, 11) is 1.77. The van der Waals surface area contributed by atoms with Gasteiger partial charge in [-0.1, -0.05) is 11.6 Å². The molecule has 25 heavy (non-hydrogen) atoms. The van der Waals surface area contributed by atoms with Gasteiger partial charge in [-0.25, -0.2) is 9.67 Å². The minimum Gasteiger partial charge on any atom is -0.489 e. The van der Waals surface area contributed by atoms with Crippen LogP contribution in [0.5, 0.6) is 5.75 Å². The van der Waals surface area contributed by atoms with Crippen molar-refractivity contribution in [1.82, 2.24) is 25.4 Å². The van der Waals surface area contributed by atoms with Crippen LogP contribution in [0, 0.1) is 0 Å². The molecular formula is C17H23ClN6O. The van der Waals surface area contributed by atoms with Gasteiger partial charge in [-0.3, -0.25) is 4.99 Å². The Morgan fingerprint density at radius 3 is 3.00 bits per heavy atom. The summed E-state index contributed by atoms with van der Waals surface area (Å²) >= 11 is 5.88. The summed E-state index contributed by atoms with van der Waals surface area (Å²) in [5.74, 6) is 2.61. The van der Waals surface area contributed by atoms with Crippen molar-refractivity contribution in [2.45, 2.75) is 38.5 Å². The molecule has 0 saturated carbocycles. The maximum atomic E-state index is 5.88. The molecule has 2 N–H and O–H groups in total. The third kappa shape index (κ3) is 4.85. The first kappa shape index (κ1) is 17.5. The van der Waals surface area contributed by atoms with Gasteiger partial charge in [0.1, 0.15) is 24.0 Å². The minimum atomic E-state index is -0.00648. The predicted octanol–water partition coefficient (Wildman–Crippen LogP) is 1.88. The summed E-state index contributed by atoms with van der Waals surface area (Å²) in [6.07, 6.45) is 3.54. The van der Waals surface area contributed by atoms with E-state index in [4.69, 9.17) is 16.3 Å². The zero-order valence-electron chi connectivity index (χ0n) is 14.4. The van der Waals surface area contributed by atoms with Crippen LogP contribution < -0.4 is 15.4 Å². The summed E-state index contributed by atoms with van der Waals surface area (Å²) in [5.41, 5.74) is 0. The highest BCUT2D eigenvalue weighted by Crippen LogP contribution is 2.16. The average molecular weight is 363 g/mol. The molecule has 0 spiro atoms. The van der Waals surface area contributed by atoms with E-state index >= 15 is 0 Å². The molecule has 2 atom stereocenters. The Morgan fingerprint density at radius 1 is 1.44 bits per heavy atom. The molecule has 1 aliphatic heterocycles. The molecule has 2 heterocycles. The van der Waals surface area contributed by atoms with Crippen molar-refractivity contribution >= 4 is 17.6 Å². The number of hydrogen-bond donors (Lipinski definition) is 2. The highest BCUT2D eigenvalue weighted by atomic mass is 35.5. The quantitative estimate of drug-likeness (QED) is 0.627. The van der Waals surface area contributed by atoms with Crippen LogP contribution in [-0.4, -0.2) is 46.5 Å². The first-order valence-corrected chi connectivity index (χ1v) is 8.78. The van der Waals surface area contributed by atoms with Crippen molar-refractivity contribution in [3.63, 3.8) is 0 Å². The van der Waals surface area contributed by atoms with Crippen LogP contribution in [0.2, 0.25) is 5.02 Å². The van der Waals surface area contributed by atoms with Crippen molar-refractivity contribution in [3.8, 4) is 5.75 Å². The van der Waals surface area contributed by atoms with Gasteiger partial charge >= 0.3 is 0 Å². The Labute approximate surface area is 152 Å². The van der Waals surface area contributed by atoms with Crippen LogP contribution in [0.15, 0.2) is 35.6 Å². The molecule has 1 aromatic carbocycles. The largest absolute Gasteiger partial charge is 0.489 e. The lowest BCUT2D eigenvalue weighted by atomic mass is 10.1. The number of fused-ring (bicyclic) bond motifs is 1. The summed E-state index contributed by atoms with van der Waals surface area (Å²) in [6, 6.07) is 7.65. The first-order valence-electron chi connectivity index (χ1n) is 8.40. The topological polar surface area (TPSA) is 76.4 Å². The van der Waals surface area contributed by atoms with Crippen LogP contribution in [0.4, 0.5) is 0 Å². The van der Waals surface area contributed by atoms with Crippen molar-refractivity contribution < 1.29 is 4.74 Å². The van der Waals surface area contributed by atoms with E-state index in [1.807, 2.05) is 35.9 Å². The van der Waals surface area contributed by atoms with Gasteiger partial charge in [-0.05, 0) is 37.6 Å².